The van der Waals surface area contributed by atoms with E-state index >= 15 is 0 Å². The predicted octanol–water partition coefficient (Wildman–Crippen LogP) is -0.0783. The second-order valence-corrected chi connectivity index (χ2v) is 1.70. The van der Waals surface area contributed by atoms with Gasteiger partial charge in [0.2, 0.25) is 0 Å². The van der Waals surface area contributed by atoms with Gasteiger partial charge < -0.3 is 5.11 Å². The van der Waals surface area contributed by atoms with Crippen molar-refractivity contribution in [2.45, 2.75) is 6.92 Å². The summed E-state index contributed by atoms with van der Waals surface area (Å²) in [6, 6.07) is 0. The number of nitrogens with two attached hydrogens (primary N) is 1. The minimum atomic E-state index is 0. The van der Waals surface area contributed by atoms with Crippen LogP contribution < -0.4 is 11.3 Å². The molecule has 4 N–H and O–H groups in total. The topological polar surface area (TPSA) is 58.3 Å². The van der Waals surface area contributed by atoms with Crippen molar-refractivity contribution in [2.75, 3.05) is 13.2 Å². The Bertz CT molecular complexity index is 47.5. The van der Waals surface area contributed by atoms with Crippen LogP contribution in [0.5, 0.6) is 0 Å². The molecule has 3 nitrogen and oxygen atoms in total. The molecule has 0 bridgehead atoms. The van der Waals surface area contributed by atoms with Crippen molar-refractivity contribution in [3.8, 4) is 0 Å². The minimum absolute atomic E-state index is 0. The van der Waals surface area contributed by atoms with Gasteiger partial charge in [-0.15, -0.1) is 24.8 Å². The summed E-state index contributed by atoms with van der Waals surface area (Å²) in [7, 11) is 0. The lowest BCUT2D eigenvalue weighted by atomic mass is 10.2. The molecule has 0 aromatic rings. The number of hydrogen-bond acceptors (Lipinski definition) is 3. The van der Waals surface area contributed by atoms with Crippen molar-refractivity contribution >= 4 is 24.8 Å². The molecule has 0 aliphatic heterocycles. The average molecular weight is 177 g/mol. The molecule has 0 spiro atoms. The average Bonchev–Trinajstić information content (AvgIpc) is 1.68. The summed E-state index contributed by atoms with van der Waals surface area (Å²) in [5.74, 6) is 5.21. The van der Waals surface area contributed by atoms with E-state index in [1.165, 1.54) is 0 Å². The zero-order valence-electron chi connectivity index (χ0n) is 5.33. The Morgan fingerprint density at radius 2 is 2.00 bits per heavy atom. The number of rotatable bonds is 3. The summed E-state index contributed by atoms with van der Waals surface area (Å²) >= 11 is 0. The largest absolute Gasteiger partial charge is 0.396 e. The SMILES string of the molecule is CC(CO)CNN.Cl.Cl. The minimum Gasteiger partial charge on any atom is -0.396 e. The summed E-state index contributed by atoms with van der Waals surface area (Å²) < 4.78 is 0. The van der Waals surface area contributed by atoms with E-state index in [4.69, 9.17) is 10.9 Å². The van der Waals surface area contributed by atoms with Gasteiger partial charge in [-0.05, 0) is 5.92 Å². The molecular weight excluding hydrogens is 163 g/mol. The second-order valence-electron chi connectivity index (χ2n) is 1.70. The van der Waals surface area contributed by atoms with Gasteiger partial charge in [0.05, 0.1) is 0 Å². The lowest BCUT2D eigenvalue weighted by molar-refractivity contribution is 0.234. The Balaban J connectivity index is -0.000000180. The van der Waals surface area contributed by atoms with Crippen molar-refractivity contribution in [3.63, 3.8) is 0 Å². The third-order valence-electron chi connectivity index (χ3n) is 0.778. The number of hydrogen-bond donors (Lipinski definition) is 3. The number of aliphatic hydroxyl groups excluding tert-OH is 1. The Hall–Kier alpha value is 0.460. The molecule has 5 heteroatoms. The highest BCUT2D eigenvalue weighted by Gasteiger charge is 1.93. The van der Waals surface area contributed by atoms with Crippen molar-refractivity contribution in [3.05, 3.63) is 0 Å². The van der Waals surface area contributed by atoms with Crippen LogP contribution in [0, 0.1) is 5.92 Å². The molecule has 0 aromatic heterocycles. The van der Waals surface area contributed by atoms with Gasteiger partial charge in [-0.1, -0.05) is 6.92 Å². The molecule has 60 valence electrons. The fourth-order valence-corrected chi connectivity index (χ4v) is 0.266. The van der Waals surface area contributed by atoms with Crippen LogP contribution in [0.2, 0.25) is 0 Å². The highest BCUT2D eigenvalue weighted by molar-refractivity contribution is 5.85. The van der Waals surface area contributed by atoms with Crippen LogP contribution in [0.4, 0.5) is 0 Å². The number of hydrazine groups is 1. The molecule has 0 aliphatic rings. The number of halogens is 2. The smallest absolute Gasteiger partial charge is 0.0469 e. The van der Waals surface area contributed by atoms with Crippen molar-refractivity contribution < 1.29 is 5.11 Å². The van der Waals surface area contributed by atoms with Gasteiger partial charge in [-0.2, -0.15) is 0 Å². The van der Waals surface area contributed by atoms with E-state index in [1.807, 2.05) is 6.92 Å². The first kappa shape index (κ1) is 16.2. The zero-order valence-corrected chi connectivity index (χ0v) is 6.97. The van der Waals surface area contributed by atoms with E-state index in [9.17, 15) is 0 Å². The third kappa shape index (κ3) is 11.8. The van der Waals surface area contributed by atoms with Gasteiger partial charge in [0.25, 0.3) is 0 Å². The summed E-state index contributed by atoms with van der Waals surface area (Å²) in [5.41, 5.74) is 2.46. The summed E-state index contributed by atoms with van der Waals surface area (Å²) in [6.45, 7) is 2.79. The van der Waals surface area contributed by atoms with Crippen molar-refractivity contribution in [1.29, 1.82) is 0 Å². The van der Waals surface area contributed by atoms with E-state index < -0.39 is 0 Å². The summed E-state index contributed by atoms with van der Waals surface area (Å²) in [4.78, 5) is 0. The van der Waals surface area contributed by atoms with Gasteiger partial charge in [-0.3, -0.25) is 11.3 Å². The zero-order chi connectivity index (χ0) is 5.70. The van der Waals surface area contributed by atoms with Crippen LogP contribution in [0.25, 0.3) is 0 Å². The van der Waals surface area contributed by atoms with E-state index in [1.54, 1.807) is 0 Å². The molecular formula is C4H14Cl2N2O. The van der Waals surface area contributed by atoms with E-state index in [2.05, 4.69) is 5.43 Å². The Morgan fingerprint density at radius 1 is 1.56 bits per heavy atom. The van der Waals surface area contributed by atoms with Gasteiger partial charge >= 0.3 is 0 Å². The molecule has 0 fully saturated rings. The maximum Gasteiger partial charge on any atom is 0.0469 e. The molecule has 1 atom stereocenters. The molecule has 0 heterocycles. The first-order valence-corrected chi connectivity index (χ1v) is 2.35. The monoisotopic (exact) mass is 176 g/mol. The normalized spacial score (nSPS) is 11.0. The van der Waals surface area contributed by atoms with E-state index in [-0.39, 0.29) is 37.3 Å². The molecule has 0 saturated heterocycles. The van der Waals surface area contributed by atoms with Gasteiger partial charge in [0.1, 0.15) is 0 Å². The van der Waals surface area contributed by atoms with Crippen LogP contribution in [-0.4, -0.2) is 18.3 Å². The molecule has 0 aromatic carbocycles. The van der Waals surface area contributed by atoms with Crippen LogP contribution in [0.15, 0.2) is 0 Å². The lowest BCUT2D eigenvalue weighted by Gasteiger charge is -2.03. The van der Waals surface area contributed by atoms with Crippen LogP contribution in [0.1, 0.15) is 6.92 Å². The van der Waals surface area contributed by atoms with E-state index in [0.29, 0.717) is 6.54 Å². The van der Waals surface area contributed by atoms with Gasteiger partial charge in [0, 0.05) is 13.2 Å². The highest BCUT2D eigenvalue weighted by atomic mass is 35.5. The quantitative estimate of drug-likeness (QED) is 0.417. The lowest BCUT2D eigenvalue weighted by Crippen LogP contribution is -2.28. The fraction of sp³-hybridized carbons (Fsp3) is 1.00. The third-order valence-corrected chi connectivity index (χ3v) is 0.778. The maximum absolute atomic E-state index is 8.37. The Kier molecular flexibility index (Phi) is 20.3. The second kappa shape index (κ2) is 11.3. The summed E-state index contributed by atoms with van der Waals surface area (Å²) in [5, 5.41) is 8.37. The molecule has 9 heavy (non-hydrogen) atoms. The number of nitrogens with one attached hydrogen (secondary N) is 1. The van der Waals surface area contributed by atoms with Crippen LogP contribution in [-0.2, 0) is 0 Å². The molecule has 0 aliphatic carbocycles. The number of aliphatic hydroxyl groups is 1. The predicted molar refractivity (Wildman–Crippen MR) is 42.9 cm³/mol. The first-order chi connectivity index (χ1) is 3.31. The molecule has 0 saturated carbocycles. The Morgan fingerprint density at radius 3 is 2.11 bits per heavy atom. The van der Waals surface area contributed by atoms with E-state index in [0.717, 1.165) is 0 Å². The maximum atomic E-state index is 8.37. The first-order valence-electron chi connectivity index (χ1n) is 2.35. The highest BCUT2D eigenvalue weighted by Crippen LogP contribution is 1.85. The van der Waals surface area contributed by atoms with Crippen LogP contribution >= 0.6 is 24.8 Å². The summed E-state index contributed by atoms with van der Waals surface area (Å²) in [6.07, 6.45) is 0. The Labute approximate surface area is 67.8 Å². The van der Waals surface area contributed by atoms with Crippen molar-refractivity contribution in [2.24, 2.45) is 11.8 Å². The molecule has 1 unspecified atom stereocenters. The van der Waals surface area contributed by atoms with Crippen LogP contribution in [0.3, 0.4) is 0 Å². The standard InChI is InChI=1S/C4H12N2O.2ClH/c1-4(3-7)2-6-5;;/h4,6-7H,2-3,5H2,1H3;2*1H. The molecule has 0 radical (unpaired) electrons. The molecule has 0 amide bonds. The fourth-order valence-electron chi connectivity index (χ4n) is 0.266. The van der Waals surface area contributed by atoms with Gasteiger partial charge in [0.15, 0.2) is 0 Å². The van der Waals surface area contributed by atoms with Crippen molar-refractivity contribution in [1.82, 2.24) is 5.43 Å². The molecule has 0 rings (SSSR count). The van der Waals surface area contributed by atoms with Gasteiger partial charge in [-0.25, -0.2) is 0 Å².